The standard InChI is InChI=1S/C28H31ClN2O3/c1-5-17(2)34-26-16-24-21(14-25(26)33-4)15-27(32)31(23-12-8-19(9-13-23)18(3)30)28(24)20-6-10-22(29)11-7-20/h6-14,16-18,28H,5,15,30H2,1-4H3/t17-,18?,28?/m1/s1. The summed E-state index contributed by atoms with van der Waals surface area (Å²) in [6.45, 7) is 6.06. The second-order valence-corrected chi connectivity index (χ2v) is 9.25. The Bertz CT molecular complexity index is 1160. The van der Waals surface area contributed by atoms with E-state index in [0.717, 1.165) is 34.4 Å². The molecule has 3 atom stereocenters. The number of carbonyl (C=O) groups is 1. The van der Waals surface area contributed by atoms with Crippen LogP contribution in [0.2, 0.25) is 5.02 Å². The van der Waals surface area contributed by atoms with E-state index >= 15 is 0 Å². The fraction of sp³-hybridized carbons (Fsp3) is 0.321. The fourth-order valence-corrected chi connectivity index (χ4v) is 4.44. The molecule has 0 aliphatic carbocycles. The number of fused-ring (bicyclic) bond motifs is 1. The zero-order chi connectivity index (χ0) is 24.4. The van der Waals surface area contributed by atoms with Crippen molar-refractivity contribution in [2.75, 3.05) is 12.0 Å². The van der Waals surface area contributed by atoms with E-state index in [-0.39, 0.29) is 30.5 Å². The van der Waals surface area contributed by atoms with Crippen LogP contribution in [0.4, 0.5) is 5.69 Å². The summed E-state index contributed by atoms with van der Waals surface area (Å²) in [5.41, 5.74) is 10.8. The third kappa shape index (κ3) is 4.77. The van der Waals surface area contributed by atoms with Crippen LogP contribution in [0.5, 0.6) is 11.5 Å². The van der Waals surface area contributed by atoms with Gasteiger partial charge in [-0.15, -0.1) is 0 Å². The number of halogens is 1. The molecule has 3 aromatic carbocycles. The number of ether oxygens (including phenoxy) is 2. The number of benzene rings is 3. The minimum absolute atomic E-state index is 0.0126. The van der Waals surface area contributed by atoms with Gasteiger partial charge in [0.25, 0.3) is 0 Å². The molecule has 2 unspecified atom stereocenters. The van der Waals surface area contributed by atoms with Gasteiger partial charge in [-0.3, -0.25) is 4.79 Å². The van der Waals surface area contributed by atoms with Crippen molar-refractivity contribution in [3.05, 3.63) is 87.9 Å². The highest BCUT2D eigenvalue weighted by Crippen LogP contribution is 2.44. The highest BCUT2D eigenvalue weighted by atomic mass is 35.5. The third-order valence-corrected chi connectivity index (χ3v) is 6.63. The number of amides is 1. The first-order valence-electron chi connectivity index (χ1n) is 11.6. The molecule has 34 heavy (non-hydrogen) atoms. The Labute approximate surface area is 206 Å². The minimum atomic E-state index is -0.333. The molecule has 0 saturated heterocycles. The average Bonchev–Trinajstić information content (AvgIpc) is 2.83. The molecule has 0 bridgehead atoms. The molecule has 4 rings (SSSR count). The Kier molecular flexibility index (Phi) is 7.15. The minimum Gasteiger partial charge on any atom is -0.493 e. The van der Waals surface area contributed by atoms with Crippen LogP contribution in [-0.4, -0.2) is 19.1 Å². The number of anilines is 1. The first-order valence-corrected chi connectivity index (χ1v) is 12.0. The maximum absolute atomic E-state index is 13.5. The zero-order valence-electron chi connectivity index (χ0n) is 20.0. The lowest BCUT2D eigenvalue weighted by Crippen LogP contribution is -2.41. The zero-order valence-corrected chi connectivity index (χ0v) is 20.8. The van der Waals surface area contributed by atoms with Gasteiger partial charge in [0.15, 0.2) is 11.5 Å². The highest BCUT2D eigenvalue weighted by molar-refractivity contribution is 6.30. The van der Waals surface area contributed by atoms with Crippen molar-refractivity contribution in [1.29, 1.82) is 0 Å². The maximum Gasteiger partial charge on any atom is 0.232 e. The molecule has 0 aromatic heterocycles. The molecule has 1 amide bonds. The van der Waals surface area contributed by atoms with Crippen LogP contribution in [-0.2, 0) is 11.2 Å². The molecular formula is C28H31ClN2O3. The van der Waals surface area contributed by atoms with E-state index in [4.69, 9.17) is 26.8 Å². The van der Waals surface area contributed by atoms with E-state index < -0.39 is 0 Å². The summed E-state index contributed by atoms with van der Waals surface area (Å²) in [5.74, 6) is 1.33. The van der Waals surface area contributed by atoms with Gasteiger partial charge in [-0.2, -0.15) is 0 Å². The predicted molar refractivity (Wildman–Crippen MR) is 137 cm³/mol. The summed E-state index contributed by atoms with van der Waals surface area (Å²) >= 11 is 6.19. The van der Waals surface area contributed by atoms with Crippen LogP contribution in [0.15, 0.2) is 60.7 Å². The van der Waals surface area contributed by atoms with Crippen LogP contribution in [0, 0.1) is 0 Å². The summed E-state index contributed by atoms with van der Waals surface area (Å²) in [4.78, 5) is 15.4. The average molecular weight is 479 g/mol. The topological polar surface area (TPSA) is 64.8 Å². The Morgan fingerprint density at radius 2 is 1.74 bits per heavy atom. The number of hydrogen-bond acceptors (Lipinski definition) is 4. The van der Waals surface area contributed by atoms with Crippen LogP contribution in [0.25, 0.3) is 0 Å². The second-order valence-electron chi connectivity index (χ2n) is 8.81. The Balaban J connectivity index is 1.88. The van der Waals surface area contributed by atoms with Crippen molar-refractivity contribution >= 4 is 23.2 Å². The van der Waals surface area contributed by atoms with Crippen LogP contribution < -0.4 is 20.1 Å². The molecule has 1 aliphatic rings. The monoisotopic (exact) mass is 478 g/mol. The molecule has 1 aliphatic heterocycles. The lowest BCUT2D eigenvalue weighted by Gasteiger charge is -2.38. The van der Waals surface area contributed by atoms with Crippen LogP contribution in [0.3, 0.4) is 0 Å². The fourth-order valence-electron chi connectivity index (χ4n) is 4.31. The normalized spacial score (nSPS) is 17.2. The molecule has 0 saturated carbocycles. The van der Waals surface area contributed by atoms with E-state index in [2.05, 4.69) is 6.92 Å². The molecule has 5 nitrogen and oxygen atoms in total. The molecular weight excluding hydrogens is 448 g/mol. The van der Waals surface area contributed by atoms with Crippen LogP contribution in [0.1, 0.15) is 61.5 Å². The Morgan fingerprint density at radius 1 is 1.06 bits per heavy atom. The lowest BCUT2D eigenvalue weighted by atomic mass is 9.86. The van der Waals surface area contributed by atoms with Gasteiger partial charge < -0.3 is 20.1 Å². The quantitative estimate of drug-likeness (QED) is 0.437. The Hall–Kier alpha value is -3.02. The third-order valence-electron chi connectivity index (χ3n) is 6.37. The van der Waals surface area contributed by atoms with Gasteiger partial charge in [-0.25, -0.2) is 0 Å². The number of carbonyl (C=O) groups excluding carboxylic acids is 1. The molecule has 0 radical (unpaired) electrons. The highest BCUT2D eigenvalue weighted by Gasteiger charge is 2.36. The van der Waals surface area contributed by atoms with Crippen molar-refractivity contribution in [3.63, 3.8) is 0 Å². The maximum atomic E-state index is 13.5. The van der Waals surface area contributed by atoms with Gasteiger partial charge in [0.05, 0.1) is 25.7 Å². The van der Waals surface area contributed by atoms with Crippen molar-refractivity contribution in [2.45, 2.75) is 51.8 Å². The van der Waals surface area contributed by atoms with Gasteiger partial charge in [-0.05, 0) is 78.9 Å². The second kappa shape index (κ2) is 10.1. The first-order chi connectivity index (χ1) is 16.3. The van der Waals surface area contributed by atoms with Gasteiger partial charge >= 0.3 is 0 Å². The smallest absolute Gasteiger partial charge is 0.232 e. The largest absolute Gasteiger partial charge is 0.493 e. The number of nitrogens with zero attached hydrogens (tertiary/aromatic N) is 1. The number of methoxy groups -OCH3 is 1. The summed E-state index contributed by atoms with van der Waals surface area (Å²) in [6.07, 6.45) is 1.18. The van der Waals surface area contributed by atoms with Crippen molar-refractivity contribution < 1.29 is 14.3 Å². The van der Waals surface area contributed by atoms with Crippen molar-refractivity contribution in [2.24, 2.45) is 5.73 Å². The van der Waals surface area contributed by atoms with E-state index in [9.17, 15) is 4.79 Å². The summed E-state index contributed by atoms with van der Waals surface area (Å²) in [5, 5.41) is 0.648. The SMILES string of the molecule is CC[C@@H](C)Oc1cc2c(cc1OC)CC(=O)N(c1ccc(C(C)N)cc1)C2c1ccc(Cl)cc1. The van der Waals surface area contributed by atoms with Crippen LogP contribution >= 0.6 is 11.6 Å². The molecule has 0 fully saturated rings. The number of hydrogen-bond donors (Lipinski definition) is 1. The van der Waals surface area contributed by atoms with E-state index in [0.29, 0.717) is 16.5 Å². The van der Waals surface area contributed by atoms with Crippen molar-refractivity contribution in [3.8, 4) is 11.5 Å². The van der Waals surface area contributed by atoms with E-state index in [1.54, 1.807) is 7.11 Å². The Morgan fingerprint density at radius 3 is 2.32 bits per heavy atom. The molecule has 0 spiro atoms. The molecule has 2 N–H and O–H groups in total. The van der Waals surface area contributed by atoms with E-state index in [1.165, 1.54) is 0 Å². The van der Waals surface area contributed by atoms with Gasteiger partial charge in [0.1, 0.15) is 0 Å². The van der Waals surface area contributed by atoms with Gasteiger partial charge in [0.2, 0.25) is 5.91 Å². The van der Waals surface area contributed by atoms with Crippen molar-refractivity contribution in [1.82, 2.24) is 0 Å². The van der Waals surface area contributed by atoms with Gasteiger partial charge in [0, 0.05) is 16.8 Å². The molecule has 1 heterocycles. The lowest BCUT2D eigenvalue weighted by molar-refractivity contribution is -0.118. The molecule has 3 aromatic rings. The van der Waals surface area contributed by atoms with Gasteiger partial charge in [-0.1, -0.05) is 42.8 Å². The molecule has 178 valence electrons. The summed E-state index contributed by atoms with van der Waals surface area (Å²) in [6, 6.07) is 19.1. The first kappa shape index (κ1) is 24.1. The predicted octanol–water partition coefficient (Wildman–Crippen LogP) is 6.22. The number of nitrogens with two attached hydrogens (primary N) is 1. The summed E-state index contributed by atoms with van der Waals surface area (Å²) < 4.78 is 11.8. The van der Waals surface area contributed by atoms with E-state index in [1.807, 2.05) is 79.4 Å². The summed E-state index contributed by atoms with van der Waals surface area (Å²) in [7, 11) is 1.62. The molecule has 6 heteroatoms. The number of rotatable bonds is 7.